The number of benzene rings is 2. The molecule has 4 rings (SSSR count). The average molecular weight is 442 g/mol. The van der Waals surface area contributed by atoms with E-state index in [-0.39, 0.29) is 5.91 Å². The van der Waals surface area contributed by atoms with Gasteiger partial charge in [0.05, 0.1) is 21.2 Å². The number of hydrogen-bond donors (Lipinski definition) is 1. The second kappa shape index (κ2) is 7.85. The van der Waals surface area contributed by atoms with Gasteiger partial charge in [-0.25, -0.2) is 13.4 Å². The smallest absolute Gasteiger partial charge is 0.264 e. The van der Waals surface area contributed by atoms with Crippen LogP contribution < -0.4 is 9.62 Å². The van der Waals surface area contributed by atoms with Crippen LogP contribution in [0.2, 0.25) is 0 Å². The van der Waals surface area contributed by atoms with Crippen LogP contribution in [0.3, 0.4) is 0 Å². The zero-order chi connectivity index (χ0) is 21.5. The first-order chi connectivity index (χ1) is 14.3. The Balaban J connectivity index is 1.71. The average Bonchev–Trinajstić information content (AvgIpc) is 3.06. The minimum absolute atomic E-state index is 0.155. The first-order valence-electron chi connectivity index (χ1n) is 9.73. The minimum Gasteiger partial charge on any atom is -0.302 e. The van der Waals surface area contributed by atoms with Crippen molar-refractivity contribution in [2.24, 2.45) is 0 Å². The van der Waals surface area contributed by atoms with E-state index in [1.165, 1.54) is 22.6 Å². The highest BCUT2D eigenvalue weighted by Crippen LogP contribution is 2.38. The Morgan fingerprint density at radius 3 is 2.57 bits per heavy atom. The molecule has 0 aliphatic carbocycles. The third kappa shape index (κ3) is 3.85. The molecule has 0 spiro atoms. The van der Waals surface area contributed by atoms with Crippen LogP contribution in [0, 0.1) is 13.8 Å². The summed E-state index contributed by atoms with van der Waals surface area (Å²) in [6.45, 7) is 5.77. The van der Waals surface area contributed by atoms with E-state index in [4.69, 9.17) is 0 Å². The van der Waals surface area contributed by atoms with E-state index in [1.807, 2.05) is 44.2 Å². The fourth-order valence-corrected chi connectivity index (χ4v) is 6.21. The number of rotatable bonds is 4. The van der Waals surface area contributed by atoms with Gasteiger partial charge >= 0.3 is 0 Å². The summed E-state index contributed by atoms with van der Waals surface area (Å²) < 4.78 is 28.0. The molecular formula is C22H23N3O3S2. The number of aromatic nitrogens is 1. The van der Waals surface area contributed by atoms with Crippen molar-refractivity contribution in [3.8, 4) is 10.4 Å². The number of thiazole rings is 1. The molecular weight excluding hydrogens is 418 g/mol. The maximum absolute atomic E-state index is 13.3. The molecule has 0 atom stereocenters. The van der Waals surface area contributed by atoms with E-state index in [9.17, 15) is 13.2 Å². The Morgan fingerprint density at radius 2 is 1.87 bits per heavy atom. The van der Waals surface area contributed by atoms with Gasteiger partial charge in [0.25, 0.3) is 10.0 Å². The number of amides is 1. The molecule has 8 heteroatoms. The summed E-state index contributed by atoms with van der Waals surface area (Å²) in [5.41, 5.74) is 4.58. The van der Waals surface area contributed by atoms with E-state index in [0.717, 1.165) is 45.8 Å². The number of anilines is 2. The summed E-state index contributed by atoms with van der Waals surface area (Å²) in [6, 6.07) is 12.8. The molecule has 0 saturated heterocycles. The van der Waals surface area contributed by atoms with Gasteiger partial charge in [0.2, 0.25) is 5.91 Å². The van der Waals surface area contributed by atoms with Crippen molar-refractivity contribution in [3.05, 3.63) is 59.3 Å². The summed E-state index contributed by atoms with van der Waals surface area (Å²) in [7, 11) is -3.61. The van der Waals surface area contributed by atoms with Gasteiger partial charge in [0, 0.05) is 13.5 Å². The SMILES string of the molecule is CC(=O)Nc1nc(C)c(-c2ccc3c(c2)CCCN3S(=O)(=O)c2ccc(C)cc2)s1. The monoisotopic (exact) mass is 441 g/mol. The molecule has 6 nitrogen and oxygen atoms in total. The summed E-state index contributed by atoms with van der Waals surface area (Å²) in [5, 5.41) is 3.29. The van der Waals surface area contributed by atoms with E-state index in [2.05, 4.69) is 10.3 Å². The van der Waals surface area contributed by atoms with Crippen LogP contribution in [-0.4, -0.2) is 25.9 Å². The molecule has 0 saturated carbocycles. The first kappa shape index (κ1) is 20.6. The molecule has 0 bridgehead atoms. The molecule has 0 fully saturated rings. The van der Waals surface area contributed by atoms with Gasteiger partial charge in [-0.1, -0.05) is 35.1 Å². The van der Waals surface area contributed by atoms with Crippen molar-refractivity contribution in [2.45, 2.75) is 38.5 Å². The molecule has 0 unspecified atom stereocenters. The largest absolute Gasteiger partial charge is 0.302 e. The lowest BCUT2D eigenvalue weighted by molar-refractivity contribution is -0.114. The molecule has 2 aromatic carbocycles. The summed E-state index contributed by atoms with van der Waals surface area (Å²) >= 11 is 1.42. The fourth-order valence-electron chi connectivity index (χ4n) is 3.66. The molecule has 156 valence electrons. The Morgan fingerprint density at radius 1 is 1.13 bits per heavy atom. The van der Waals surface area contributed by atoms with Crippen LogP contribution in [0.1, 0.15) is 30.2 Å². The molecule has 1 amide bonds. The summed E-state index contributed by atoms with van der Waals surface area (Å²) in [6.07, 6.45) is 1.58. The number of carbonyl (C=O) groups is 1. The number of nitrogens with zero attached hydrogens (tertiary/aromatic N) is 2. The zero-order valence-electron chi connectivity index (χ0n) is 17.1. The third-order valence-corrected chi connectivity index (χ3v) is 8.06. The van der Waals surface area contributed by atoms with Crippen LogP contribution in [0.5, 0.6) is 0 Å². The lowest BCUT2D eigenvalue weighted by atomic mass is 10.00. The fraction of sp³-hybridized carbons (Fsp3) is 0.273. The predicted octanol–water partition coefficient (Wildman–Crippen LogP) is 4.53. The molecule has 3 aromatic rings. The van der Waals surface area contributed by atoms with E-state index in [1.54, 1.807) is 12.1 Å². The summed E-state index contributed by atoms with van der Waals surface area (Å²) in [5.74, 6) is -0.155. The van der Waals surface area contributed by atoms with E-state index in [0.29, 0.717) is 16.6 Å². The Labute approximate surface area is 180 Å². The molecule has 0 radical (unpaired) electrons. The standard InChI is InChI=1S/C22H23N3O3S2/c1-14-6-9-19(10-7-14)30(27,28)25-12-4-5-17-13-18(8-11-20(17)25)21-15(2)23-22(29-21)24-16(3)26/h6-11,13H,4-5,12H2,1-3H3,(H,23,24,26). The maximum Gasteiger partial charge on any atom is 0.264 e. The predicted molar refractivity (Wildman–Crippen MR) is 121 cm³/mol. The normalized spacial score (nSPS) is 13.8. The molecule has 1 N–H and O–H groups in total. The van der Waals surface area contributed by atoms with E-state index >= 15 is 0 Å². The van der Waals surface area contributed by atoms with Crippen molar-refractivity contribution in [1.82, 2.24) is 4.98 Å². The Hall–Kier alpha value is -2.71. The van der Waals surface area contributed by atoms with Crippen LogP contribution in [-0.2, 0) is 21.2 Å². The topological polar surface area (TPSA) is 79.4 Å². The van der Waals surface area contributed by atoms with Crippen LogP contribution in [0.25, 0.3) is 10.4 Å². The van der Waals surface area contributed by atoms with Crippen molar-refractivity contribution in [1.29, 1.82) is 0 Å². The van der Waals surface area contributed by atoms with Gasteiger partial charge < -0.3 is 5.32 Å². The molecule has 30 heavy (non-hydrogen) atoms. The Bertz CT molecular complexity index is 1210. The van der Waals surface area contributed by atoms with Crippen LogP contribution in [0.4, 0.5) is 10.8 Å². The zero-order valence-corrected chi connectivity index (χ0v) is 18.7. The Kier molecular flexibility index (Phi) is 5.38. The highest BCUT2D eigenvalue weighted by atomic mass is 32.2. The molecule has 1 aliphatic rings. The van der Waals surface area contributed by atoms with Gasteiger partial charge in [-0.05, 0) is 62.1 Å². The number of aryl methyl sites for hydroxylation is 3. The van der Waals surface area contributed by atoms with Gasteiger partial charge in [-0.2, -0.15) is 0 Å². The molecule has 1 aliphatic heterocycles. The summed E-state index contributed by atoms with van der Waals surface area (Å²) in [4.78, 5) is 17.0. The van der Waals surface area contributed by atoms with Crippen molar-refractivity contribution in [2.75, 3.05) is 16.2 Å². The third-order valence-electron chi connectivity index (χ3n) is 5.11. The van der Waals surface area contributed by atoms with Crippen LogP contribution >= 0.6 is 11.3 Å². The highest BCUT2D eigenvalue weighted by Gasteiger charge is 2.29. The van der Waals surface area contributed by atoms with Crippen molar-refractivity contribution in [3.63, 3.8) is 0 Å². The number of sulfonamides is 1. The highest BCUT2D eigenvalue weighted by molar-refractivity contribution is 7.92. The molecule has 2 heterocycles. The number of fused-ring (bicyclic) bond motifs is 1. The van der Waals surface area contributed by atoms with Crippen LogP contribution in [0.15, 0.2) is 47.4 Å². The first-order valence-corrected chi connectivity index (χ1v) is 12.0. The number of carbonyl (C=O) groups excluding carboxylic acids is 1. The number of hydrogen-bond acceptors (Lipinski definition) is 5. The molecule has 1 aromatic heterocycles. The number of nitrogens with one attached hydrogen (secondary N) is 1. The van der Waals surface area contributed by atoms with E-state index < -0.39 is 10.0 Å². The van der Waals surface area contributed by atoms with Gasteiger partial charge in [-0.3, -0.25) is 9.10 Å². The second-order valence-electron chi connectivity index (χ2n) is 7.45. The van der Waals surface area contributed by atoms with Gasteiger partial charge in [0.1, 0.15) is 0 Å². The lowest BCUT2D eigenvalue weighted by Gasteiger charge is -2.31. The quantitative estimate of drug-likeness (QED) is 0.645. The maximum atomic E-state index is 13.3. The van der Waals surface area contributed by atoms with Gasteiger partial charge in [0.15, 0.2) is 5.13 Å². The van der Waals surface area contributed by atoms with Gasteiger partial charge in [-0.15, -0.1) is 0 Å². The minimum atomic E-state index is -3.61. The van der Waals surface area contributed by atoms with Crippen molar-refractivity contribution < 1.29 is 13.2 Å². The van der Waals surface area contributed by atoms with Crippen molar-refractivity contribution >= 4 is 38.1 Å². The lowest BCUT2D eigenvalue weighted by Crippen LogP contribution is -2.35. The second-order valence-corrected chi connectivity index (χ2v) is 10.3.